The Kier molecular flexibility index (Phi) is 6.67. The van der Waals surface area contributed by atoms with Crippen LogP contribution in [0.4, 0.5) is 5.69 Å². The first kappa shape index (κ1) is 18.9. The fraction of sp³-hybridized carbons (Fsp3) is 0.619. The lowest BCUT2D eigenvalue weighted by Gasteiger charge is -2.30. The average Bonchev–Trinajstić information content (AvgIpc) is 2.68. The van der Waals surface area contributed by atoms with Crippen molar-refractivity contribution in [3.63, 3.8) is 0 Å². The maximum atomic E-state index is 12.6. The van der Waals surface area contributed by atoms with Crippen molar-refractivity contribution in [2.24, 2.45) is 11.8 Å². The zero-order chi connectivity index (χ0) is 18.4. The quantitative estimate of drug-likeness (QED) is 0.850. The summed E-state index contributed by atoms with van der Waals surface area (Å²) in [7, 11) is 0. The first-order valence-electron chi connectivity index (χ1n) is 10.0. The van der Waals surface area contributed by atoms with E-state index in [1.54, 1.807) is 0 Å². The van der Waals surface area contributed by atoms with E-state index in [0.717, 1.165) is 51.1 Å². The fourth-order valence-corrected chi connectivity index (χ4v) is 3.82. The number of likely N-dealkylation sites (tertiary alicyclic amines) is 1. The van der Waals surface area contributed by atoms with Gasteiger partial charge in [-0.2, -0.15) is 0 Å². The van der Waals surface area contributed by atoms with Crippen molar-refractivity contribution in [2.45, 2.75) is 45.4 Å². The van der Waals surface area contributed by atoms with Gasteiger partial charge in [-0.3, -0.25) is 9.59 Å². The Morgan fingerprint density at radius 2 is 1.73 bits per heavy atom. The van der Waals surface area contributed by atoms with Crippen LogP contribution >= 0.6 is 0 Å². The maximum absolute atomic E-state index is 12.6. The van der Waals surface area contributed by atoms with E-state index in [2.05, 4.69) is 17.6 Å². The van der Waals surface area contributed by atoms with Gasteiger partial charge < -0.3 is 15.5 Å². The van der Waals surface area contributed by atoms with Gasteiger partial charge in [0.05, 0.1) is 0 Å². The highest BCUT2D eigenvalue weighted by atomic mass is 16.2. The lowest BCUT2D eigenvalue weighted by atomic mass is 9.93. The summed E-state index contributed by atoms with van der Waals surface area (Å²) in [4.78, 5) is 26.6. The third-order valence-corrected chi connectivity index (χ3v) is 5.72. The molecule has 5 heteroatoms. The number of piperidine rings is 2. The summed E-state index contributed by atoms with van der Waals surface area (Å²) in [5.41, 5.74) is 1.47. The molecule has 1 aromatic rings. The van der Waals surface area contributed by atoms with Crippen LogP contribution in [0.25, 0.3) is 0 Å². The van der Waals surface area contributed by atoms with Crippen molar-refractivity contribution in [1.82, 2.24) is 10.2 Å². The minimum absolute atomic E-state index is 0.0626. The molecule has 0 aromatic heterocycles. The molecule has 0 aliphatic carbocycles. The molecule has 2 aliphatic rings. The monoisotopic (exact) mass is 357 g/mol. The normalized spacial score (nSPS) is 19.3. The van der Waals surface area contributed by atoms with Crippen LogP contribution in [-0.4, -0.2) is 42.9 Å². The topological polar surface area (TPSA) is 61.4 Å². The van der Waals surface area contributed by atoms with Crippen LogP contribution in [-0.2, 0) is 4.79 Å². The Hall–Kier alpha value is -1.88. The Balaban J connectivity index is 1.46. The molecule has 0 saturated carbocycles. The largest absolute Gasteiger partial charge is 0.339 e. The summed E-state index contributed by atoms with van der Waals surface area (Å²) in [5, 5.41) is 6.30. The maximum Gasteiger partial charge on any atom is 0.253 e. The van der Waals surface area contributed by atoms with Gasteiger partial charge in [0.1, 0.15) is 0 Å². The van der Waals surface area contributed by atoms with E-state index in [1.165, 1.54) is 12.8 Å². The summed E-state index contributed by atoms with van der Waals surface area (Å²) in [5.74, 6) is 1.53. The van der Waals surface area contributed by atoms with Crippen molar-refractivity contribution >= 4 is 17.5 Å². The van der Waals surface area contributed by atoms with E-state index in [0.29, 0.717) is 23.8 Å². The molecule has 2 saturated heterocycles. The molecule has 0 unspecified atom stereocenters. The molecule has 0 radical (unpaired) electrons. The predicted molar refractivity (Wildman–Crippen MR) is 104 cm³/mol. The van der Waals surface area contributed by atoms with Gasteiger partial charge in [0.15, 0.2) is 0 Å². The van der Waals surface area contributed by atoms with E-state index in [1.807, 2.05) is 29.2 Å². The molecule has 3 rings (SSSR count). The number of anilines is 1. The number of hydrogen-bond acceptors (Lipinski definition) is 3. The van der Waals surface area contributed by atoms with Crippen LogP contribution in [0.15, 0.2) is 24.3 Å². The summed E-state index contributed by atoms with van der Waals surface area (Å²) >= 11 is 0. The van der Waals surface area contributed by atoms with Crippen molar-refractivity contribution in [2.75, 3.05) is 31.5 Å². The molecule has 26 heavy (non-hydrogen) atoms. The summed E-state index contributed by atoms with van der Waals surface area (Å²) in [6.07, 6.45) is 6.02. The first-order valence-corrected chi connectivity index (χ1v) is 10.0. The molecule has 2 fully saturated rings. The van der Waals surface area contributed by atoms with Crippen molar-refractivity contribution in [1.29, 1.82) is 0 Å². The molecular formula is C21H31N3O2. The Morgan fingerprint density at radius 1 is 1.08 bits per heavy atom. The highest BCUT2D eigenvalue weighted by Crippen LogP contribution is 2.20. The van der Waals surface area contributed by atoms with Gasteiger partial charge >= 0.3 is 0 Å². The minimum Gasteiger partial charge on any atom is -0.339 e. The molecule has 0 bridgehead atoms. The molecule has 2 heterocycles. The second-order valence-corrected chi connectivity index (χ2v) is 7.83. The Labute approximate surface area is 156 Å². The Bertz CT molecular complexity index is 600. The number of nitrogens with zero attached hydrogens (tertiary/aromatic N) is 1. The third kappa shape index (κ3) is 5.31. The number of rotatable bonds is 5. The van der Waals surface area contributed by atoms with Gasteiger partial charge in [-0.15, -0.1) is 0 Å². The third-order valence-electron chi connectivity index (χ3n) is 5.72. The molecule has 2 amide bonds. The average molecular weight is 357 g/mol. The highest BCUT2D eigenvalue weighted by Gasteiger charge is 2.21. The number of hydrogen-bond donors (Lipinski definition) is 2. The van der Waals surface area contributed by atoms with E-state index >= 15 is 0 Å². The number of nitrogens with one attached hydrogen (secondary N) is 2. The van der Waals surface area contributed by atoms with Gasteiger partial charge in [0.2, 0.25) is 5.91 Å². The fourth-order valence-electron chi connectivity index (χ4n) is 3.82. The van der Waals surface area contributed by atoms with Gasteiger partial charge in [-0.25, -0.2) is 0 Å². The van der Waals surface area contributed by atoms with Crippen LogP contribution in [0.5, 0.6) is 0 Å². The van der Waals surface area contributed by atoms with E-state index in [9.17, 15) is 9.59 Å². The van der Waals surface area contributed by atoms with Gasteiger partial charge in [-0.05, 0) is 81.3 Å². The zero-order valence-electron chi connectivity index (χ0n) is 15.8. The predicted octanol–water partition coefficient (Wildman–Crippen LogP) is 3.28. The Morgan fingerprint density at radius 3 is 2.38 bits per heavy atom. The molecule has 2 aliphatic heterocycles. The van der Waals surface area contributed by atoms with E-state index < -0.39 is 0 Å². The summed E-state index contributed by atoms with van der Waals surface area (Å²) in [6.45, 7) is 6.06. The van der Waals surface area contributed by atoms with Crippen molar-refractivity contribution in [3.8, 4) is 0 Å². The molecule has 0 atom stereocenters. The SMILES string of the molecule is CC1CCN(C(=O)c2ccc(NC(=O)CCC3CCNCC3)cc2)CC1. The zero-order valence-corrected chi connectivity index (χ0v) is 15.8. The first-order chi connectivity index (χ1) is 12.6. The van der Waals surface area contributed by atoms with Crippen LogP contribution in [0.2, 0.25) is 0 Å². The summed E-state index contributed by atoms with van der Waals surface area (Å²) < 4.78 is 0. The number of carbonyl (C=O) groups is 2. The lowest BCUT2D eigenvalue weighted by molar-refractivity contribution is -0.116. The molecular weight excluding hydrogens is 326 g/mol. The number of carbonyl (C=O) groups excluding carboxylic acids is 2. The van der Waals surface area contributed by atoms with E-state index in [4.69, 9.17) is 0 Å². The highest BCUT2D eigenvalue weighted by molar-refractivity contribution is 5.95. The standard InChI is InChI=1S/C21H31N3O2/c1-16-10-14-24(15-11-16)21(26)18-3-5-19(6-4-18)23-20(25)7-2-17-8-12-22-13-9-17/h3-6,16-17,22H,2,7-15H2,1H3,(H,23,25). The van der Waals surface area contributed by atoms with Crippen LogP contribution in [0, 0.1) is 11.8 Å². The van der Waals surface area contributed by atoms with Crippen molar-refractivity contribution in [3.05, 3.63) is 29.8 Å². The van der Waals surface area contributed by atoms with Crippen LogP contribution in [0.1, 0.15) is 55.8 Å². The second-order valence-electron chi connectivity index (χ2n) is 7.83. The minimum atomic E-state index is 0.0626. The molecule has 1 aromatic carbocycles. The molecule has 142 valence electrons. The molecule has 0 spiro atoms. The van der Waals surface area contributed by atoms with Gasteiger partial charge in [0, 0.05) is 30.8 Å². The van der Waals surface area contributed by atoms with Crippen LogP contribution in [0.3, 0.4) is 0 Å². The smallest absolute Gasteiger partial charge is 0.253 e. The van der Waals surface area contributed by atoms with Gasteiger partial charge in [0.25, 0.3) is 5.91 Å². The lowest BCUT2D eigenvalue weighted by Crippen LogP contribution is -2.37. The number of benzene rings is 1. The molecule has 5 nitrogen and oxygen atoms in total. The molecule has 2 N–H and O–H groups in total. The van der Waals surface area contributed by atoms with Crippen molar-refractivity contribution < 1.29 is 9.59 Å². The van der Waals surface area contributed by atoms with E-state index in [-0.39, 0.29) is 11.8 Å². The second kappa shape index (κ2) is 9.17. The number of amides is 2. The summed E-state index contributed by atoms with van der Waals surface area (Å²) in [6, 6.07) is 7.32. The van der Waals surface area contributed by atoms with Gasteiger partial charge in [-0.1, -0.05) is 6.92 Å². The van der Waals surface area contributed by atoms with Crippen LogP contribution < -0.4 is 10.6 Å².